The smallest absolute Gasteiger partial charge is 0.254 e. The quantitative estimate of drug-likeness (QED) is 0.0333. The van der Waals surface area contributed by atoms with Crippen LogP contribution in [0.15, 0.2) is 133 Å². The zero-order chi connectivity index (χ0) is 46.9. The van der Waals surface area contributed by atoms with Crippen molar-refractivity contribution < 1.29 is 43.6 Å². The van der Waals surface area contributed by atoms with Gasteiger partial charge in [-0.15, -0.1) is 6.58 Å². The van der Waals surface area contributed by atoms with E-state index in [2.05, 4.69) is 36.9 Å². The number of hydrogen-bond acceptors (Lipinski definition) is 11. The number of carbonyl (C=O) groups excluding carboxylic acids is 2. The molecular weight excluding hydrogens is 847 g/mol. The fourth-order valence-corrected chi connectivity index (χ4v) is 10.6. The number of oxime groups is 1. The van der Waals surface area contributed by atoms with Crippen LogP contribution in [0, 0.1) is 29.1 Å². The lowest BCUT2D eigenvalue weighted by Crippen LogP contribution is -2.70. The van der Waals surface area contributed by atoms with Crippen LogP contribution in [-0.2, 0) is 16.1 Å². The Balaban J connectivity index is 1.36. The number of fused-ring (bicyclic) bond motifs is 3. The molecule has 12 heteroatoms. The highest BCUT2D eigenvalue weighted by atomic mass is 16.7. The van der Waals surface area contributed by atoms with Gasteiger partial charge in [-0.1, -0.05) is 72.6 Å². The Morgan fingerprint density at radius 2 is 1.69 bits per heavy atom. The van der Waals surface area contributed by atoms with Crippen molar-refractivity contribution in [3.63, 3.8) is 0 Å². The Bertz CT molecular complexity index is 2680. The number of allylic oxidation sites excluding steroid dienone is 1. The molecule has 6 atom stereocenters. The van der Waals surface area contributed by atoms with E-state index in [1.165, 1.54) is 14.2 Å². The molecule has 6 unspecified atom stereocenters. The number of ether oxygens (including phenoxy) is 4. The third-order valence-electron chi connectivity index (χ3n) is 13.5. The van der Waals surface area contributed by atoms with Gasteiger partial charge >= 0.3 is 0 Å². The van der Waals surface area contributed by atoms with Crippen molar-refractivity contribution in [2.24, 2.45) is 22.9 Å². The molecule has 1 fully saturated rings. The van der Waals surface area contributed by atoms with E-state index in [9.17, 15) is 20.3 Å². The van der Waals surface area contributed by atoms with Gasteiger partial charge in [0.2, 0.25) is 5.79 Å². The van der Waals surface area contributed by atoms with Gasteiger partial charge in [0.25, 0.3) is 5.91 Å². The molecule has 0 radical (unpaired) electrons. The van der Waals surface area contributed by atoms with Crippen LogP contribution in [0.5, 0.6) is 23.0 Å². The summed E-state index contributed by atoms with van der Waals surface area (Å²) in [6, 6.07) is 33.0. The first-order valence-electron chi connectivity index (χ1n) is 23.0. The maximum Gasteiger partial charge on any atom is 0.254 e. The molecule has 1 heterocycles. The molecule has 1 saturated carbocycles. The number of methoxy groups -OCH3 is 1. The molecule has 2 aliphatic carbocycles. The van der Waals surface area contributed by atoms with Crippen LogP contribution >= 0.6 is 0 Å². The average molecular weight is 904 g/mol. The monoisotopic (exact) mass is 903 g/mol. The van der Waals surface area contributed by atoms with Crippen LogP contribution in [0.2, 0.25) is 0 Å². The number of carbonyl (C=O) groups is 2. The van der Waals surface area contributed by atoms with Gasteiger partial charge in [-0.25, -0.2) is 0 Å². The largest absolute Gasteiger partial charge is 0.496 e. The second kappa shape index (κ2) is 21.2. The second-order valence-electron chi connectivity index (χ2n) is 17.3. The molecule has 346 valence electrons. The Hall–Kier alpha value is -6.78. The molecule has 1 aliphatic heterocycles. The van der Waals surface area contributed by atoms with Crippen molar-refractivity contribution in [2.75, 3.05) is 34.0 Å². The van der Waals surface area contributed by atoms with E-state index in [1.807, 2.05) is 47.4 Å². The number of unbranched alkanes of at least 4 members (excludes halogenated alkanes) is 2. The first-order chi connectivity index (χ1) is 32.8. The van der Waals surface area contributed by atoms with Crippen LogP contribution in [0.3, 0.4) is 0 Å². The maximum atomic E-state index is 15.5. The van der Waals surface area contributed by atoms with Crippen molar-refractivity contribution in [3.05, 3.63) is 155 Å². The minimum absolute atomic E-state index is 0.0189. The lowest BCUT2D eigenvalue weighted by Gasteiger charge is -2.60. The Morgan fingerprint density at radius 3 is 2.42 bits per heavy atom. The second-order valence-corrected chi connectivity index (χ2v) is 17.3. The van der Waals surface area contributed by atoms with Crippen molar-refractivity contribution in [1.29, 1.82) is 5.26 Å². The predicted molar refractivity (Wildman–Crippen MR) is 255 cm³/mol. The van der Waals surface area contributed by atoms with Gasteiger partial charge in [-0.05, 0) is 120 Å². The Morgan fingerprint density at radius 1 is 0.940 bits per heavy atom. The lowest BCUT2D eigenvalue weighted by atomic mass is 9.55. The topological polar surface area (TPSA) is 160 Å². The summed E-state index contributed by atoms with van der Waals surface area (Å²) in [7, 11) is 3.03. The van der Waals surface area contributed by atoms with Gasteiger partial charge in [0, 0.05) is 43.2 Å². The summed E-state index contributed by atoms with van der Waals surface area (Å²) in [5, 5.41) is 36.5. The molecule has 0 spiro atoms. The van der Waals surface area contributed by atoms with E-state index in [0.29, 0.717) is 58.2 Å². The fraction of sp³-hybridized carbons (Fsp3) is 0.345. The van der Waals surface area contributed by atoms with Crippen molar-refractivity contribution >= 4 is 28.7 Å². The minimum atomic E-state index is -1.51. The molecule has 67 heavy (non-hydrogen) atoms. The molecular formula is C55H57N3O9. The van der Waals surface area contributed by atoms with E-state index < -0.39 is 17.7 Å². The van der Waals surface area contributed by atoms with E-state index in [4.69, 9.17) is 28.9 Å². The third kappa shape index (κ3) is 9.45. The number of nitriles is 1. The number of aldehydes is 1. The standard InChI is InChI=1S/C55H57N3O9/c1-4-28-65-55-51(58(54(62)38-20-18-36(33-56)19-21-38)34-40-15-11-14-37-12-5-6-16-44(37)40)32-48(57-64-3)46-30-39(13-7-9-26-59)45(17-8-10-27-60)52(53(46)55)47-31-43(23-25-50(47)67-55)66-42-22-24-49(63-2)41(29-42)35-61/h4-6,11-12,14-16,18-25,29-31,35,39,45,51-53,59-60H,1,7-10,13,17,26-28,32,34H2,2-3H3. The van der Waals surface area contributed by atoms with Gasteiger partial charge in [-0.2, -0.15) is 5.26 Å². The van der Waals surface area contributed by atoms with Crippen molar-refractivity contribution in [2.45, 2.75) is 69.2 Å². The highest BCUT2D eigenvalue weighted by Crippen LogP contribution is 2.62. The number of benzene rings is 5. The predicted octanol–water partition coefficient (Wildman–Crippen LogP) is 9.93. The van der Waals surface area contributed by atoms with E-state index in [1.54, 1.807) is 48.5 Å². The Labute approximate surface area is 391 Å². The summed E-state index contributed by atoms with van der Waals surface area (Å²) in [6.45, 7) is 4.48. The molecule has 0 bridgehead atoms. The SMILES string of the molecule is C=CCOC12Oc3ccc(Oc4ccc(OC)c(C=O)c4)cc3C3C(CCCCO)C(CCCCO)C=C(C(=NOC)CC1N(Cc1cccc4ccccc14)C(=O)c1ccc(C#N)cc1)C32. The number of amides is 1. The molecule has 5 aromatic carbocycles. The zero-order valence-electron chi connectivity index (χ0n) is 38.0. The summed E-state index contributed by atoms with van der Waals surface area (Å²) < 4.78 is 26.6. The molecule has 0 aromatic heterocycles. The molecule has 12 nitrogen and oxygen atoms in total. The van der Waals surface area contributed by atoms with Crippen molar-refractivity contribution in [3.8, 4) is 29.1 Å². The Kier molecular flexibility index (Phi) is 14.8. The van der Waals surface area contributed by atoms with Crippen molar-refractivity contribution in [1.82, 2.24) is 4.90 Å². The molecule has 1 amide bonds. The third-order valence-corrected chi connectivity index (χ3v) is 13.5. The summed E-state index contributed by atoms with van der Waals surface area (Å²) in [5.74, 6) is -0.669. The van der Waals surface area contributed by atoms with Crippen LogP contribution in [-0.4, -0.2) is 78.9 Å². The van der Waals surface area contributed by atoms with E-state index in [-0.39, 0.29) is 56.4 Å². The molecule has 0 saturated heterocycles. The number of aliphatic hydroxyl groups excluding tert-OH is 2. The van der Waals surface area contributed by atoms with Gasteiger partial charge in [0.05, 0.1) is 42.5 Å². The van der Waals surface area contributed by atoms with Gasteiger partial charge < -0.3 is 38.9 Å². The molecule has 3 aliphatic rings. The van der Waals surface area contributed by atoms with E-state index >= 15 is 4.79 Å². The lowest BCUT2D eigenvalue weighted by molar-refractivity contribution is -0.255. The van der Waals surface area contributed by atoms with Crippen LogP contribution in [0.1, 0.15) is 88.3 Å². The molecule has 2 N–H and O–H groups in total. The van der Waals surface area contributed by atoms with Gasteiger partial charge in [-0.3, -0.25) is 9.59 Å². The highest BCUT2D eigenvalue weighted by Gasteiger charge is 2.65. The first kappa shape index (κ1) is 46.7. The van der Waals surface area contributed by atoms with Gasteiger partial charge in [0.15, 0.2) is 6.29 Å². The summed E-state index contributed by atoms with van der Waals surface area (Å²) in [6.07, 6.45) is 9.28. The minimum Gasteiger partial charge on any atom is -0.496 e. The summed E-state index contributed by atoms with van der Waals surface area (Å²) in [5.41, 5.74) is 4.55. The van der Waals surface area contributed by atoms with Crippen LogP contribution < -0.4 is 14.2 Å². The number of hydrogen-bond donors (Lipinski definition) is 2. The van der Waals surface area contributed by atoms with Gasteiger partial charge in [0.1, 0.15) is 36.1 Å². The average Bonchev–Trinajstić information content (AvgIpc) is 3.36. The number of aliphatic hydroxyl groups is 2. The highest BCUT2D eigenvalue weighted by molar-refractivity contribution is 6.03. The molecule has 8 rings (SSSR count). The van der Waals surface area contributed by atoms with Crippen LogP contribution in [0.4, 0.5) is 0 Å². The number of nitrogens with zero attached hydrogens (tertiary/aromatic N) is 3. The zero-order valence-corrected chi connectivity index (χ0v) is 38.0. The fourth-order valence-electron chi connectivity index (χ4n) is 10.6. The maximum absolute atomic E-state index is 15.5. The first-order valence-corrected chi connectivity index (χ1v) is 23.0. The summed E-state index contributed by atoms with van der Waals surface area (Å²) >= 11 is 0. The number of rotatable bonds is 20. The summed E-state index contributed by atoms with van der Waals surface area (Å²) in [4.78, 5) is 35.0. The molecule has 5 aromatic rings. The van der Waals surface area contributed by atoms with E-state index in [0.717, 1.165) is 59.4 Å². The normalized spacial score (nSPS) is 22.0. The van der Waals surface area contributed by atoms with Crippen LogP contribution in [0.25, 0.3) is 10.8 Å².